The van der Waals surface area contributed by atoms with Crippen molar-refractivity contribution in [3.8, 4) is 0 Å². The number of hydrogen-bond donors (Lipinski definition) is 0. The number of fused-ring (bicyclic) bond motifs is 1. The molecule has 0 atom stereocenters. The zero-order chi connectivity index (χ0) is 12.9. The molecular formula is C16H16N2S. The fraction of sp³-hybridized carbons (Fsp3) is 0.188. The third-order valence-corrected chi connectivity index (χ3v) is 4.23. The molecule has 2 aromatic carbocycles. The predicted octanol–water partition coefficient (Wildman–Crippen LogP) is 3.95. The number of nitrogens with zero attached hydrogens (tertiary/aromatic N) is 2. The Labute approximate surface area is 118 Å². The van der Waals surface area contributed by atoms with E-state index in [1.54, 1.807) is 11.9 Å². The minimum Gasteiger partial charge on any atom is -0.259 e. The van der Waals surface area contributed by atoms with Crippen LogP contribution in [0.3, 0.4) is 0 Å². The molecule has 0 fully saturated rings. The molecule has 2 aromatic rings. The molecule has 96 valence electrons. The summed E-state index contributed by atoms with van der Waals surface area (Å²) in [5, 5.41) is 0. The van der Waals surface area contributed by atoms with Gasteiger partial charge >= 0.3 is 0 Å². The van der Waals surface area contributed by atoms with E-state index in [0.29, 0.717) is 0 Å². The van der Waals surface area contributed by atoms with Gasteiger partial charge in [0.1, 0.15) is 0 Å². The number of rotatable bonds is 3. The first-order valence-corrected chi connectivity index (χ1v) is 7.27. The molecule has 0 aliphatic carbocycles. The third kappa shape index (κ3) is 3.25. The summed E-state index contributed by atoms with van der Waals surface area (Å²) in [4.78, 5) is 5.74. The van der Waals surface area contributed by atoms with Crippen molar-refractivity contribution in [2.45, 2.75) is 11.3 Å². The van der Waals surface area contributed by atoms with Gasteiger partial charge < -0.3 is 0 Å². The smallest absolute Gasteiger partial charge is 0.0775 e. The molecule has 3 rings (SSSR count). The molecule has 0 saturated heterocycles. The first kappa shape index (κ1) is 12.5. The average Bonchev–Trinajstić information content (AvgIpc) is 2.68. The van der Waals surface area contributed by atoms with Gasteiger partial charge in [0, 0.05) is 24.2 Å². The Morgan fingerprint density at radius 3 is 2.68 bits per heavy atom. The summed E-state index contributed by atoms with van der Waals surface area (Å²) < 4.78 is 2.36. The second kappa shape index (κ2) is 6.04. The van der Waals surface area contributed by atoms with Gasteiger partial charge in [0.15, 0.2) is 0 Å². The Morgan fingerprint density at radius 2 is 1.79 bits per heavy atom. The van der Waals surface area contributed by atoms with Crippen LogP contribution in [0.1, 0.15) is 5.56 Å². The Balaban J connectivity index is 1.66. The Morgan fingerprint density at radius 1 is 1.00 bits per heavy atom. The third-order valence-electron chi connectivity index (χ3n) is 3.10. The first-order valence-electron chi connectivity index (χ1n) is 6.50. The van der Waals surface area contributed by atoms with E-state index in [1.807, 2.05) is 12.3 Å². The van der Waals surface area contributed by atoms with Crippen LogP contribution in [0.2, 0.25) is 0 Å². The van der Waals surface area contributed by atoms with Crippen molar-refractivity contribution in [1.82, 2.24) is 4.31 Å². The fourth-order valence-corrected chi connectivity index (χ4v) is 3.04. The second-order valence-corrected chi connectivity index (χ2v) is 5.63. The van der Waals surface area contributed by atoms with Crippen molar-refractivity contribution < 1.29 is 0 Å². The topological polar surface area (TPSA) is 15.6 Å². The molecule has 1 heterocycles. The molecule has 3 heteroatoms. The highest BCUT2D eigenvalue weighted by atomic mass is 32.2. The van der Waals surface area contributed by atoms with Crippen molar-refractivity contribution in [3.05, 3.63) is 60.2 Å². The average molecular weight is 268 g/mol. The molecule has 0 N–H and O–H groups in total. The maximum absolute atomic E-state index is 4.50. The molecule has 0 amide bonds. The maximum atomic E-state index is 4.50. The minimum absolute atomic E-state index is 0.895. The van der Waals surface area contributed by atoms with Crippen LogP contribution in [0.25, 0.3) is 0 Å². The van der Waals surface area contributed by atoms with Crippen LogP contribution in [-0.4, -0.2) is 23.6 Å². The second-order valence-electron chi connectivity index (χ2n) is 4.49. The summed E-state index contributed by atoms with van der Waals surface area (Å²) in [5.41, 5.74) is 2.47. The van der Waals surface area contributed by atoms with E-state index in [4.69, 9.17) is 0 Å². The molecule has 0 bridgehead atoms. The molecule has 0 saturated carbocycles. The Bertz CT molecular complexity index is 566. The van der Waals surface area contributed by atoms with Crippen LogP contribution in [-0.2, 0) is 6.42 Å². The first-order chi connectivity index (χ1) is 9.42. The largest absolute Gasteiger partial charge is 0.259 e. The van der Waals surface area contributed by atoms with Gasteiger partial charge in [-0.05, 0) is 36.1 Å². The van der Waals surface area contributed by atoms with Gasteiger partial charge in [-0.2, -0.15) is 0 Å². The van der Waals surface area contributed by atoms with Crippen molar-refractivity contribution >= 4 is 23.8 Å². The predicted molar refractivity (Wildman–Crippen MR) is 82.2 cm³/mol. The lowest BCUT2D eigenvalue weighted by Crippen LogP contribution is -2.20. The van der Waals surface area contributed by atoms with Gasteiger partial charge in [0.25, 0.3) is 0 Å². The van der Waals surface area contributed by atoms with Crippen LogP contribution in [0.5, 0.6) is 0 Å². The van der Waals surface area contributed by atoms with Crippen LogP contribution in [0, 0.1) is 0 Å². The molecule has 2 nitrogen and oxygen atoms in total. The summed E-state index contributed by atoms with van der Waals surface area (Å²) >= 11 is 1.81. The quantitative estimate of drug-likeness (QED) is 0.783. The van der Waals surface area contributed by atoms with E-state index >= 15 is 0 Å². The number of aliphatic imine (C=N–C) groups is 1. The molecule has 19 heavy (non-hydrogen) atoms. The monoisotopic (exact) mass is 268 g/mol. The van der Waals surface area contributed by atoms with Crippen LogP contribution < -0.4 is 0 Å². The standard InChI is InChI=1S/C16H16N2S/c1-2-6-14(7-3-1)10-12-18-13-11-17-15-8-4-5-9-16(15)19-18/h1-9,11H,10,12-13H2. The zero-order valence-corrected chi connectivity index (χ0v) is 11.5. The summed E-state index contributed by atoms with van der Waals surface area (Å²) in [5.74, 6) is 0. The van der Waals surface area contributed by atoms with E-state index in [0.717, 1.165) is 25.2 Å². The fourth-order valence-electron chi connectivity index (χ4n) is 2.08. The minimum atomic E-state index is 0.895. The maximum Gasteiger partial charge on any atom is 0.0775 e. The number of para-hydroxylation sites is 1. The lowest BCUT2D eigenvalue weighted by molar-refractivity contribution is 0.540. The molecule has 0 unspecified atom stereocenters. The van der Waals surface area contributed by atoms with Crippen molar-refractivity contribution in [2.75, 3.05) is 13.1 Å². The van der Waals surface area contributed by atoms with Gasteiger partial charge in [-0.3, -0.25) is 4.99 Å². The Kier molecular flexibility index (Phi) is 3.96. The highest BCUT2D eigenvalue weighted by molar-refractivity contribution is 7.97. The van der Waals surface area contributed by atoms with Gasteiger partial charge in [-0.15, -0.1) is 0 Å². The Hall–Kier alpha value is -1.58. The summed E-state index contributed by atoms with van der Waals surface area (Å²) in [6, 6.07) is 18.9. The van der Waals surface area contributed by atoms with Gasteiger partial charge in [0.2, 0.25) is 0 Å². The van der Waals surface area contributed by atoms with Gasteiger partial charge in [0.05, 0.1) is 5.69 Å². The zero-order valence-electron chi connectivity index (χ0n) is 10.7. The normalized spacial score (nSPS) is 14.9. The molecule has 0 spiro atoms. The van der Waals surface area contributed by atoms with Gasteiger partial charge in [-0.25, -0.2) is 4.31 Å². The van der Waals surface area contributed by atoms with Crippen LogP contribution >= 0.6 is 11.9 Å². The summed E-state index contributed by atoms with van der Waals surface area (Å²) in [6.45, 7) is 1.93. The van der Waals surface area contributed by atoms with Crippen LogP contribution in [0.15, 0.2) is 64.5 Å². The number of hydrogen-bond acceptors (Lipinski definition) is 3. The molecule has 1 aliphatic rings. The van der Waals surface area contributed by atoms with Crippen molar-refractivity contribution in [1.29, 1.82) is 0 Å². The summed E-state index contributed by atoms with van der Waals surface area (Å²) in [7, 11) is 0. The van der Waals surface area contributed by atoms with Crippen molar-refractivity contribution in [3.63, 3.8) is 0 Å². The highest BCUT2D eigenvalue weighted by Gasteiger charge is 2.12. The van der Waals surface area contributed by atoms with E-state index in [2.05, 4.69) is 57.8 Å². The molecule has 1 aliphatic heterocycles. The van der Waals surface area contributed by atoms with E-state index in [9.17, 15) is 0 Å². The molecule has 0 aromatic heterocycles. The van der Waals surface area contributed by atoms with E-state index < -0.39 is 0 Å². The summed E-state index contributed by atoms with van der Waals surface area (Å²) in [6.07, 6.45) is 3.08. The van der Waals surface area contributed by atoms with E-state index in [-0.39, 0.29) is 0 Å². The SMILES string of the molecule is C1=Nc2ccccc2SN(CCc2ccccc2)C1. The lowest BCUT2D eigenvalue weighted by Gasteiger charge is -2.17. The van der Waals surface area contributed by atoms with Gasteiger partial charge in [-0.1, -0.05) is 42.5 Å². The van der Waals surface area contributed by atoms with E-state index in [1.165, 1.54) is 10.5 Å². The highest BCUT2D eigenvalue weighted by Crippen LogP contribution is 2.33. The van der Waals surface area contributed by atoms with Crippen LogP contribution in [0.4, 0.5) is 5.69 Å². The van der Waals surface area contributed by atoms with Crippen molar-refractivity contribution in [2.24, 2.45) is 4.99 Å². The number of benzene rings is 2. The molecule has 0 radical (unpaired) electrons. The lowest BCUT2D eigenvalue weighted by atomic mass is 10.1. The molecular weight excluding hydrogens is 252 g/mol.